The Balaban J connectivity index is 1.42. The van der Waals surface area contributed by atoms with Crippen molar-refractivity contribution in [2.45, 2.75) is 58.3 Å². The van der Waals surface area contributed by atoms with Crippen molar-refractivity contribution in [3.63, 3.8) is 0 Å². The third kappa shape index (κ3) is 6.16. The molecule has 1 saturated heterocycles. The lowest BCUT2D eigenvalue weighted by Gasteiger charge is -2.41. The van der Waals surface area contributed by atoms with Gasteiger partial charge in [-0.3, -0.25) is 9.59 Å². The van der Waals surface area contributed by atoms with E-state index in [2.05, 4.69) is 5.32 Å². The van der Waals surface area contributed by atoms with Crippen molar-refractivity contribution in [3.8, 4) is 5.75 Å². The molecule has 2 aromatic carbocycles. The molecule has 0 spiro atoms. The van der Waals surface area contributed by atoms with Crippen LogP contribution in [0.5, 0.6) is 5.75 Å². The van der Waals surface area contributed by atoms with Gasteiger partial charge in [0.2, 0.25) is 5.91 Å². The number of likely N-dealkylation sites (tertiary alicyclic amines) is 1. The molecule has 0 bridgehead atoms. The number of ether oxygens (including phenoxy) is 1. The van der Waals surface area contributed by atoms with Gasteiger partial charge in [0.15, 0.2) is 0 Å². The van der Waals surface area contributed by atoms with Crippen molar-refractivity contribution < 1.29 is 14.3 Å². The van der Waals surface area contributed by atoms with Crippen LogP contribution in [0.1, 0.15) is 67.8 Å². The number of nitrogens with one attached hydrogen (secondary N) is 1. The molecular weight excluding hydrogens is 412 g/mol. The summed E-state index contributed by atoms with van der Waals surface area (Å²) in [6, 6.07) is 15.4. The summed E-state index contributed by atoms with van der Waals surface area (Å²) in [7, 11) is 0. The highest BCUT2D eigenvalue weighted by molar-refractivity contribution is 5.98. The van der Waals surface area contributed by atoms with Gasteiger partial charge in [0.1, 0.15) is 5.75 Å². The number of amides is 2. The van der Waals surface area contributed by atoms with Crippen molar-refractivity contribution in [1.82, 2.24) is 4.90 Å². The number of rotatable bonds is 8. The molecule has 2 amide bonds. The second-order valence-electron chi connectivity index (χ2n) is 9.44. The number of nitrogens with zero attached hydrogens (tertiary/aromatic N) is 1. The van der Waals surface area contributed by atoms with E-state index in [9.17, 15) is 9.59 Å². The standard InChI is InChI=1S/C28H36N2O3/c1-2-18-33-26-19-24(29-27(31)15-12-21-8-4-3-5-9-21)13-14-25(26)28(32)30-17-16-22-10-6-7-11-23(22)20-30/h3-5,8-9,13-14,19,22-23H,2,6-7,10-12,15-18,20H2,1H3,(H,29,31)/t22-,23+/m1/s1. The van der Waals surface area contributed by atoms with Crippen LogP contribution < -0.4 is 10.1 Å². The largest absolute Gasteiger partial charge is 0.493 e. The SMILES string of the molecule is CCCOc1cc(NC(=O)CCc2ccccc2)ccc1C(=O)N1CC[C@H]2CCCC[C@H]2C1. The maximum atomic E-state index is 13.4. The monoisotopic (exact) mass is 448 g/mol. The molecule has 2 atom stereocenters. The highest BCUT2D eigenvalue weighted by atomic mass is 16.5. The molecule has 1 aliphatic carbocycles. The van der Waals surface area contributed by atoms with Gasteiger partial charge in [-0.05, 0) is 55.2 Å². The maximum absolute atomic E-state index is 13.4. The Bertz CT molecular complexity index is 943. The van der Waals surface area contributed by atoms with E-state index in [1.54, 1.807) is 6.07 Å². The zero-order valence-electron chi connectivity index (χ0n) is 19.7. The number of fused-ring (bicyclic) bond motifs is 1. The molecule has 33 heavy (non-hydrogen) atoms. The van der Waals surface area contributed by atoms with E-state index in [1.807, 2.05) is 54.3 Å². The summed E-state index contributed by atoms with van der Waals surface area (Å²) in [6.45, 7) is 4.26. The van der Waals surface area contributed by atoms with Crippen molar-refractivity contribution in [3.05, 3.63) is 59.7 Å². The van der Waals surface area contributed by atoms with Gasteiger partial charge in [-0.1, -0.05) is 56.5 Å². The van der Waals surface area contributed by atoms with Gasteiger partial charge in [-0.25, -0.2) is 0 Å². The molecule has 5 heteroatoms. The summed E-state index contributed by atoms with van der Waals surface area (Å²) < 4.78 is 5.96. The Morgan fingerprint density at radius 2 is 1.82 bits per heavy atom. The summed E-state index contributed by atoms with van der Waals surface area (Å²) in [5.74, 6) is 1.99. The predicted molar refractivity (Wildman–Crippen MR) is 132 cm³/mol. The lowest BCUT2D eigenvalue weighted by Crippen LogP contribution is -2.44. The van der Waals surface area contributed by atoms with Gasteiger partial charge in [0.05, 0.1) is 12.2 Å². The molecule has 4 rings (SSSR count). The zero-order valence-corrected chi connectivity index (χ0v) is 19.7. The van der Waals surface area contributed by atoms with Crippen LogP contribution in [0.2, 0.25) is 0 Å². The summed E-state index contributed by atoms with van der Waals surface area (Å²) in [4.78, 5) is 27.9. The normalized spacial score (nSPS) is 20.1. The average molecular weight is 449 g/mol. The van der Waals surface area contributed by atoms with Crippen LogP contribution in [0.4, 0.5) is 5.69 Å². The van der Waals surface area contributed by atoms with E-state index < -0.39 is 0 Å². The van der Waals surface area contributed by atoms with E-state index in [1.165, 1.54) is 25.7 Å². The topological polar surface area (TPSA) is 58.6 Å². The molecule has 1 aliphatic heterocycles. The number of hydrogen-bond acceptors (Lipinski definition) is 3. The first-order valence-corrected chi connectivity index (χ1v) is 12.5. The smallest absolute Gasteiger partial charge is 0.257 e. The molecule has 176 valence electrons. The number of aryl methyl sites for hydroxylation is 1. The van der Waals surface area contributed by atoms with Gasteiger partial charge >= 0.3 is 0 Å². The van der Waals surface area contributed by atoms with Gasteiger partial charge in [0, 0.05) is 31.3 Å². The van der Waals surface area contributed by atoms with Gasteiger partial charge in [-0.2, -0.15) is 0 Å². The van der Waals surface area contributed by atoms with Crippen molar-refractivity contribution in [1.29, 1.82) is 0 Å². The van der Waals surface area contributed by atoms with E-state index in [0.717, 1.165) is 37.4 Å². The molecule has 0 unspecified atom stereocenters. The van der Waals surface area contributed by atoms with Crippen molar-refractivity contribution in [2.75, 3.05) is 25.0 Å². The Labute approximate surface area is 197 Å². The zero-order chi connectivity index (χ0) is 23.0. The molecule has 2 aromatic rings. The fourth-order valence-electron chi connectivity index (χ4n) is 5.19. The first kappa shape index (κ1) is 23.3. The van der Waals surface area contributed by atoms with E-state index in [-0.39, 0.29) is 11.8 Å². The van der Waals surface area contributed by atoms with Crippen molar-refractivity contribution in [2.24, 2.45) is 11.8 Å². The fourth-order valence-corrected chi connectivity index (χ4v) is 5.19. The maximum Gasteiger partial charge on any atom is 0.257 e. The minimum atomic E-state index is -0.0428. The fraction of sp³-hybridized carbons (Fsp3) is 0.500. The molecule has 2 aliphatic rings. The highest BCUT2D eigenvalue weighted by Gasteiger charge is 2.34. The van der Waals surface area contributed by atoms with Gasteiger partial charge < -0.3 is 15.0 Å². The molecule has 1 N–H and O–H groups in total. The van der Waals surface area contributed by atoms with Crippen LogP contribution in [0.3, 0.4) is 0 Å². The number of carbonyl (C=O) groups is 2. The van der Waals surface area contributed by atoms with Crippen molar-refractivity contribution >= 4 is 17.5 Å². The number of piperidine rings is 1. The first-order chi connectivity index (χ1) is 16.1. The molecule has 1 heterocycles. The van der Waals surface area contributed by atoms with Gasteiger partial charge in [-0.15, -0.1) is 0 Å². The van der Waals surface area contributed by atoms with Crippen LogP contribution in [0, 0.1) is 11.8 Å². The average Bonchev–Trinajstić information content (AvgIpc) is 2.86. The summed E-state index contributed by atoms with van der Waals surface area (Å²) in [5.41, 5.74) is 2.41. The molecule has 5 nitrogen and oxygen atoms in total. The predicted octanol–water partition coefficient (Wildman–Crippen LogP) is 5.70. The van der Waals surface area contributed by atoms with Crippen LogP contribution in [0.25, 0.3) is 0 Å². The lowest BCUT2D eigenvalue weighted by molar-refractivity contribution is -0.116. The van der Waals surface area contributed by atoms with Crippen LogP contribution in [-0.2, 0) is 11.2 Å². The number of benzene rings is 2. The summed E-state index contributed by atoms with van der Waals surface area (Å²) >= 11 is 0. The highest BCUT2D eigenvalue weighted by Crippen LogP contribution is 2.37. The van der Waals surface area contributed by atoms with E-state index in [0.29, 0.717) is 42.4 Å². The van der Waals surface area contributed by atoms with Crippen LogP contribution >= 0.6 is 0 Å². The van der Waals surface area contributed by atoms with E-state index in [4.69, 9.17) is 4.74 Å². The Morgan fingerprint density at radius 3 is 2.61 bits per heavy atom. The third-order valence-electron chi connectivity index (χ3n) is 7.02. The van der Waals surface area contributed by atoms with Gasteiger partial charge in [0.25, 0.3) is 5.91 Å². The molecule has 0 radical (unpaired) electrons. The molecule has 2 fully saturated rings. The third-order valence-corrected chi connectivity index (χ3v) is 7.02. The second-order valence-corrected chi connectivity index (χ2v) is 9.44. The van der Waals surface area contributed by atoms with E-state index >= 15 is 0 Å². The minimum Gasteiger partial charge on any atom is -0.493 e. The number of hydrogen-bond donors (Lipinski definition) is 1. The summed E-state index contributed by atoms with van der Waals surface area (Å²) in [5, 5.41) is 2.97. The molecular formula is C28H36N2O3. The van der Waals surface area contributed by atoms with Crippen LogP contribution in [-0.4, -0.2) is 36.4 Å². The summed E-state index contributed by atoms with van der Waals surface area (Å²) in [6.07, 6.45) is 8.24. The quantitative estimate of drug-likeness (QED) is 0.564. The lowest BCUT2D eigenvalue weighted by atomic mass is 9.75. The second kappa shape index (κ2) is 11.4. The number of carbonyl (C=O) groups excluding carboxylic acids is 2. The molecule has 0 aromatic heterocycles. The number of anilines is 1. The minimum absolute atomic E-state index is 0.0428. The Hall–Kier alpha value is -2.82. The Kier molecular flexibility index (Phi) is 8.03. The van der Waals surface area contributed by atoms with Crippen LogP contribution in [0.15, 0.2) is 48.5 Å². The first-order valence-electron chi connectivity index (χ1n) is 12.5. The molecule has 1 saturated carbocycles. The Morgan fingerprint density at radius 1 is 1.03 bits per heavy atom.